The van der Waals surface area contributed by atoms with E-state index in [9.17, 15) is 20.1 Å². The summed E-state index contributed by atoms with van der Waals surface area (Å²) in [7, 11) is 5.22. The van der Waals surface area contributed by atoms with Crippen molar-refractivity contribution < 1.29 is 38.7 Å². The van der Waals surface area contributed by atoms with Crippen LogP contribution in [0.15, 0.2) is 27.4 Å². The lowest BCUT2D eigenvalue weighted by Gasteiger charge is -2.14. The van der Waals surface area contributed by atoms with Gasteiger partial charge in [-0.05, 0) is 12.1 Å². The molecule has 148 valence electrons. The highest BCUT2D eigenvalue weighted by Gasteiger charge is 2.25. The van der Waals surface area contributed by atoms with Crippen molar-refractivity contribution >= 4 is 11.0 Å². The molecule has 0 spiro atoms. The van der Waals surface area contributed by atoms with Crippen LogP contribution in [0.4, 0.5) is 0 Å². The molecular formula is C19H18O9. The molecule has 0 bridgehead atoms. The molecule has 0 radical (unpaired) electrons. The van der Waals surface area contributed by atoms with Crippen LogP contribution in [0.3, 0.4) is 0 Å². The molecule has 3 N–H and O–H groups in total. The van der Waals surface area contributed by atoms with Gasteiger partial charge in [0, 0.05) is 11.6 Å². The van der Waals surface area contributed by atoms with Crippen LogP contribution in [0.25, 0.3) is 22.3 Å². The molecule has 1 heterocycles. The number of benzene rings is 2. The molecule has 0 saturated heterocycles. The Kier molecular flexibility index (Phi) is 4.83. The molecule has 0 saturated carbocycles. The highest BCUT2D eigenvalue weighted by Crippen LogP contribution is 2.49. The van der Waals surface area contributed by atoms with Gasteiger partial charge in [-0.15, -0.1) is 0 Å². The highest BCUT2D eigenvalue weighted by molar-refractivity contribution is 5.95. The number of fused-ring (bicyclic) bond motifs is 1. The van der Waals surface area contributed by atoms with Crippen LogP contribution in [0.1, 0.15) is 0 Å². The van der Waals surface area contributed by atoms with E-state index in [0.29, 0.717) is 5.56 Å². The van der Waals surface area contributed by atoms with Gasteiger partial charge in [0.2, 0.25) is 23.0 Å². The third kappa shape index (κ3) is 2.77. The fraction of sp³-hybridized carbons (Fsp3) is 0.211. The van der Waals surface area contributed by atoms with Crippen molar-refractivity contribution in [3.63, 3.8) is 0 Å². The van der Waals surface area contributed by atoms with Crippen molar-refractivity contribution in [2.24, 2.45) is 0 Å². The molecule has 1 aromatic heterocycles. The average Bonchev–Trinajstić information content (AvgIpc) is 2.68. The Morgan fingerprint density at radius 1 is 0.750 bits per heavy atom. The summed E-state index contributed by atoms with van der Waals surface area (Å²) < 4.78 is 26.1. The Balaban J connectivity index is 2.39. The average molecular weight is 390 g/mol. The van der Waals surface area contributed by atoms with Crippen molar-refractivity contribution in [2.75, 3.05) is 28.4 Å². The monoisotopic (exact) mass is 390 g/mol. The van der Waals surface area contributed by atoms with Crippen LogP contribution in [0.5, 0.6) is 40.2 Å². The minimum atomic E-state index is -0.601. The molecule has 0 aliphatic heterocycles. The Hall–Kier alpha value is -3.75. The number of ether oxygens (including phenoxy) is 4. The van der Waals surface area contributed by atoms with Crippen LogP contribution >= 0.6 is 0 Å². The second kappa shape index (κ2) is 7.10. The molecule has 0 atom stereocenters. The van der Waals surface area contributed by atoms with Gasteiger partial charge in [-0.3, -0.25) is 4.79 Å². The van der Waals surface area contributed by atoms with Gasteiger partial charge in [0.05, 0.1) is 28.4 Å². The Morgan fingerprint density at radius 3 is 1.82 bits per heavy atom. The first-order valence-electron chi connectivity index (χ1n) is 7.96. The summed E-state index contributed by atoms with van der Waals surface area (Å²) in [6.07, 6.45) is 0. The zero-order valence-electron chi connectivity index (χ0n) is 15.5. The Bertz CT molecular complexity index is 1090. The molecular weight excluding hydrogens is 372 g/mol. The maximum Gasteiger partial charge on any atom is 0.208 e. The van der Waals surface area contributed by atoms with Crippen LogP contribution < -0.4 is 24.4 Å². The molecule has 0 fully saturated rings. The fourth-order valence-corrected chi connectivity index (χ4v) is 2.87. The number of methoxy groups -OCH3 is 4. The van der Waals surface area contributed by atoms with E-state index in [4.69, 9.17) is 23.4 Å². The number of phenolic OH excluding ortho intramolecular Hbond substituents is 3. The molecule has 2 aromatic carbocycles. The summed E-state index contributed by atoms with van der Waals surface area (Å²) in [4.78, 5) is 12.7. The third-order valence-corrected chi connectivity index (χ3v) is 4.21. The number of hydrogen-bond donors (Lipinski definition) is 3. The first kappa shape index (κ1) is 19.0. The largest absolute Gasteiger partial charge is 0.504 e. The summed E-state index contributed by atoms with van der Waals surface area (Å²) >= 11 is 0. The minimum Gasteiger partial charge on any atom is -0.504 e. The zero-order chi connectivity index (χ0) is 20.6. The van der Waals surface area contributed by atoms with Gasteiger partial charge in [-0.1, -0.05) is 0 Å². The standard InChI is InChI=1S/C19H18O9/c1-24-11-5-8(6-12(25-2)14(11)21)10-7-9(20)13-15(22)18(26-3)16(23)19(27-4)17(13)28-10/h5-7,21-23H,1-4H3. The lowest BCUT2D eigenvalue weighted by atomic mass is 10.1. The summed E-state index contributed by atoms with van der Waals surface area (Å²) in [6, 6.07) is 4.03. The summed E-state index contributed by atoms with van der Waals surface area (Å²) in [5.74, 6) is -1.52. The van der Waals surface area contributed by atoms with Gasteiger partial charge < -0.3 is 38.7 Å². The predicted octanol–water partition coefficient (Wildman–Crippen LogP) is 2.61. The number of phenols is 3. The van der Waals surface area contributed by atoms with E-state index in [-0.39, 0.29) is 45.5 Å². The second-order valence-corrected chi connectivity index (χ2v) is 5.67. The SMILES string of the molecule is COc1cc(-c2cc(=O)c3c(O)c(OC)c(O)c(OC)c3o2)cc(OC)c1O. The summed E-state index contributed by atoms with van der Waals surface area (Å²) in [5.41, 5.74) is -0.425. The van der Waals surface area contributed by atoms with Gasteiger partial charge in [0.1, 0.15) is 11.1 Å². The summed E-state index contributed by atoms with van der Waals surface area (Å²) in [5, 5.41) is 30.4. The fourth-order valence-electron chi connectivity index (χ4n) is 2.87. The van der Waals surface area contributed by atoms with E-state index in [0.717, 1.165) is 6.07 Å². The maximum absolute atomic E-state index is 12.7. The van der Waals surface area contributed by atoms with Crippen LogP contribution in [-0.2, 0) is 0 Å². The van der Waals surface area contributed by atoms with Crippen LogP contribution in [-0.4, -0.2) is 43.8 Å². The van der Waals surface area contributed by atoms with E-state index in [1.807, 2.05) is 0 Å². The van der Waals surface area contributed by atoms with Crippen molar-refractivity contribution in [1.29, 1.82) is 0 Å². The molecule has 0 aliphatic rings. The molecule has 28 heavy (non-hydrogen) atoms. The number of aromatic hydroxyl groups is 3. The predicted molar refractivity (Wildman–Crippen MR) is 99.1 cm³/mol. The third-order valence-electron chi connectivity index (χ3n) is 4.21. The highest BCUT2D eigenvalue weighted by atomic mass is 16.5. The molecule has 0 aliphatic carbocycles. The van der Waals surface area contributed by atoms with Gasteiger partial charge in [-0.2, -0.15) is 0 Å². The van der Waals surface area contributed by atoms with Gasteiger partial charge in [0.15, 0.2) is 28.3 Å². The molecule has 9 heteroatoms. The van der Waals surface area contributed by atoms with Gasteiger partial charge in [-0.25, -0.2) is 0 Å². The number of hydrogen-bond acceptors (Lipinski definition) is 9. The van der Waals surface area contributed by atoms with E-state index < -0.39 is 16.9 Å². The first-order chi connectivity index (χ1) is 13.4. The normalized spacial score (nSPS) is 10.7. The Morgan fingerprint density at radius 2 is 1.32 bits per heavy atom. The van der Waals surface area contributed by atoms with Crippen molar-refractivity contribution in [1.82, 2.24) is 0 Å². The lowest BCUT2D eigenvalue weighted by Crippen LogP contribution is -2.04. The molecule has 3 aromatic rings. The van der Waals surface area contributed by atoms with E-state index in [1.54, 1.807) is 0 Å². The van der Waals surface area contributed by atoms with Crippen molar-refractivity contribution in [3.05, 3.63) is 28.4 Å². The molecule has 0 unspecified atom stereocenters. The van der Waals surface area contributed by atoms with E-state index in [1.165, 1.54) is 40.6 Å². The van der Waals surface area contributed by atoms with Gasteiger partial charge >= 0.3 is 0 Å². The molecule has 0 amide bonds. The van der Waals surface area contributed by atoms with Gasteiger partial charge in [0.25, 0.3) is 0 Å². The maximum atomic E-state index is 12.7. The van der Waals surface area contributed by atoms with E-state index in [2.05, 4.69) is 0 Å². The number of rotatable bonds is 5. The smallest absolute Gasteiger partial charge is 0.208 e. The molecule has 9 nitrogen and oxygen atoms in total. The van der Waals surface area contributed by atoms with Crippen LogP contribution in [0.2, 0.25) is 0 Å². The molecule has 3 rings (SSSR count). The topological polar surface area (TPSA) is 128 Å². The van der Waals surface area contributed by atoms with Crippen molar-refractivity contribution in [2.45, 2.75) is 0 Å². The zero-order valence-corrected chi connectivity index (χ0v) is 15.5. The minimum absolute atomic E-state index is 0.0661. The van der Waals surface area contributed by atoms with Crippen LogP contribution in [0, 0.1) is 0 Å². The Labute approximate surface area is 158 Å². The lowest BCUT2D eigenvalue weighted by molar-refractivity contribution is 0.323. The quantitative estimate of drug-likeness (QED) is 0.602. The first-order valence-corrected chi connectivity index (χ1v) is 7.96. The second-order valence-electron chi connectivity index (χ2n) is 5.67. The summed E-state index contributed by atoms with van der Waals surface area (Å²) in [6.45, 7) is 0. The van der Waals surface area contributed by atoms with Crippen molar-refractivity contribution in [3.8, 4) is 51.6 Å². The van der Waals surface area contributed by atoms with E-state index >= 15 is 0 Å².